The van der Waals surface area contributed by atoms with Gasteiger partial charge in [-0.15, -0.1) is 0 Å². The molecular weight excluding hydrogens is 254 g/mol. The number of rotatable bonds is 3. The van der Waals surface area contributed by atoms with Crippen LogP contribution in [0.25, 0.3) is 0 Å². The van der Waals surface area contributed by atoms with Gasteiger partial charge in [0, 0.05) is 17.8 Å². The van der Waals surface area contributed by atoms with Gasteiger partial charge in [0.2, 0.25) is 5.91 Å². The highest BCUT2D eigenvalue weighted by molar-refractivity contribution is 5.82. The number of amides is 1. The largest absolute Gasteiger partial charge is 0.489 e. The summed E-state index contributed by atoms with van der Waals surface area (Å²) in [5.41, 5.74) is 7.39. The first kappa shape index (κ1) is 13.1. The predicted molar refractivity (Wildman–Crippen MR) is 79.0 cm³/mol. The molecule has 1 heterocycles. The van der Waals surface area contributed by atoms with Gasteiger partial charge in [-0.25, -0.2) is 0 Å². The zero-order valence-electron chi connectivity index (χ0n) is 11.6. The van der Waals surface area contributed by atoms with E-state index in [-0.39, 0.29) is 5.91 Å². The second-order valence-corrected chi connectivity index (χ2v) is 5.55. The number of fused-ring (bicyclic) bond motifs is 1. The average Bonchev–Trinajstić information content (AvgIpc) is 2.91. The van der Waals surface area contributed by atoms with Crippen LogP contribution < -0.4 is 20.7 Å². The molecule has 20 heavy (non-hydrogen) atoms. The molecular formula is C15H21N3O2. The van der Waals surface area contributed by atoms with Gasteiger partial charge < -0.3 is 20.7 Å². The van der Waals surface area contributed by atoms with Gasteiger partial charge in [-0.2, -0.15) is 0 Å². The first-order chi connectivity index (χ1) is 9.72. The summed E-state index contributed by atoms with van der Waals surface area (Å²) >= 11 is 0. The number of nitrogens with zero attached hydrogens (tertiary/aromatic N) is 1. The van der Waals surface area contributed by atoms with E-state index >= 15 is 0 Å². The van der Waals surface area contributed by atoms with Crippen molar-refractivity contribution in [2.75, 3.05) is 30.3 Å². The Kier molecular flexibility index (Phi) is 3.67. The van der Waals surface area contributed by atoms with E-state index in [0.717, 1.165) is 30.8 Å². The Hall–Kier alpha value is -1.91. The van der Waals surface area contributed by atoms with Gasteiger partial charge in [-0.3, -0.25) is 4.79 Å². The number of carbonyl (C=O) groups excluding carboxylic acids is 1. The van der Waals surface area contributed by atoms with Crippen LogP contribution >= 0.6 is 0 Å². The molecule has 1 aliphatic carbocycles. The number of nitrogens with two attached hydrogens (primary N) is 1. The number of hydrogen-bond donors (Lipinski definition) is 2. The third-order valence-corrected chi connectivity index (χ3v) is 4.00. The highest BCUT2D eigenvalue weighted by Gasteiger charge is 2.22. The molecule has 1 amide bonds. The Labute approximate surface area is 119 Å². The van der Waals surface area contributed by atoms with Crippen molar-refractivity contribution in [1.29, 1.82) is 0 Å². The fraction of sp³-hybridized carbons (Fsp3) is 0.533. The van der Waals surface area contributed by atoms with Crippen LogP contribution in [-0.2, 0) is 4.79 Å². The normalized spacial score (nSPS) is 18.5. The molecule has 0 aromatic heterocycles. The minimum atomic E-state index is 0.0987. The molecule has 0 spiro atoms. The van der Waals surface area contributed by atoms with Crippen LogP contribution in [0.1, 0.15) is 25.7 Å². The number of benzene rings is 1. The number of anilines is 2. The molecule has 1 saturated carbocycles. The lowest BCUT2D eigenvalue weighted by Gasteiger charge is -2.31. The molecule has 0 atom stereocenters. The van der Waals surface area contributed by atoms with Crippen molar-refractivity contribution in [2.45, 2.75) is 31.7 Å². The lowest BCUT2D eigenvalue weighted by molar-refractivity contribution is -0.120. The highest BCUT2D eigenvalue weighted by atomic mass is 16.5. The molecule has 5 nitrogen and oxygen atoms in total. The Morgan fingerprint density at radius 3 is 3.00 bits per heavy atom. The third-order valence-electron chi connectivity index (χ3n) is 4.00. The maximum absolute atomic E-state index is 12.1. The zero-order valence-corrected chi connectivity index (χ0v) is 11.6. The van der Waals surface area contributed by atoms with Crippen LogP contribution in [0.3, 0.4) is 0 Å². The van der Waals surface area contributed by atoms with E-state index in [4.69, 9.17) is 10.5 Å². The molecule has 0 unspecified atom stereocenters. The van der Waals surface area contributed by atoms with E-state index < -0.39 is 0 Å². The summed E-state index contributed by atoms with van der Waals surface area (Å²) < 4.78 is 5.60. The molecule has 108 valence electrons. The first-order valence-corrected chi connectivity index (χ1v) is 7.29. The lowest BCUT2D eigenvalue weighted by Crippen LogP contribution is -2.43. The average molecular weight is 275 g/mol. The standard InChI is InChI=1S/C15H21N3O2/c16-11-5-6-13-14(9-11)20-8-7-18(13)10-15(19)17-12-3-1-2-4-12/h5-6,9,12H,1-4,7-8,10,16H2,(H,17,19). The molecule has 1 aromatic carbocycles. The smallest absolute Gasteiger partial charge is 0.239 e. The summed E-state index contributed by atoms with van der Waals surface area (Å²) in [6.45, 7) is 1.71. The van der Waals surface area contributed by atoms with Crippen LogP contribution in [0, 0.1) is 0 Å². The van der Waals surface area contributed by atoms with Gasteiger partial charge in [0.15, 0.2) is 0 Å². The second kappa shape index (κ2) is 5.61. The van der Waals surface area contributed by atoms with Crippen molar-refractivity contribution in [3.8, 4) is 5.75 Å². The number of hydrogen-bond acceptors (Lipinski definition) is 4. The van der Waals surface area contributed by atoms with E-state index in [0.29, 0.717) is 24.9 Å². The van der Waals surface area contributed by atoms with Crippen LogP contribution in [0.2, 0.25) is 0 Å². The zero-order chi connectivity index (χ0) is 13.9. The van der Waals surface area contributed by atoms with Crippen LogP contribution in [0.5, 0.6) is 5.75 Å². The molecule has 1 aliphatic heterocycles. The summed E-state index contributed by atoms with van der Waals surface area (Å²) in [5.74, 6) is 0.867. The first-order valence-electron chi connectivity index (χ1n) is 7.29. The minimum Gasteiger partial charge on any atom is -0.489 e. The predicted octanol–water partition coefficient (Wildman–Crippen LogP) is 1.53. The van der Waals surface area contributed by atoms with Crippen molar-refractivity contribution in [1.82, 2.24) is 5.32 Å². The monoisotopic (exact) mass is 275 g/mol. The SMILES string of the molecule is Nc1ccc2c(c1)OCCN2CC(=O)NC1CCCC1. The van der Waals surface area contributed by atoms with Crippen molar-refractivity contribution in [3.05, 3.63) is 18.2 Å². The Balaban J connectivity index is 1.65. The van der Waals surface area contributed by atoms with E-state index in [1.807, 2.05) is 18.2 Å². The van der Waals surface area contributed by atoms with Gasteiger partial charge in [0.05, 0.1) is 18.8 Å². The van der Waals surface area contributed by atoms with Crippen LogP contribution in [0.15, 0.2) is 18.2 Å². The number of nitrogen functional groups attached to an aromatic ring is 1. The Bertz CT molecular complexity index is 498. The summed E-state index contributed by atoms with van der Waals surface area (Å²) in [5, 5.41) is 3.12. The molecule has 1 aromatic rings. The van der Waals surface area contributed by atoms with Gasteiger partial charge in [-0.05, 0) is 25.0 Å². The summed E-state index contributed by atoms with van der Waals surface area (Å²) in [7, 11) is 0. The van der Waals surface area contributed by atoms with E-state index in [1.54, 1.807) is 0 Å². The topological polar surface area (TPSA) is 67.6 Å². The molecule has 1 fully saturated rings. The van der Waals surface area contributed by atoms with Crippen molar-refractivity contribution < 1.29 is 9.53 Å². The lowest BCUT2D eigenvalue weighted by atomic mass is 10.2. The maximum atomic E-state index is 12.1. The molecule has 3 N–H and O–H groups in total. The van der Waals surface area contributed by atoms with Gasteiger partial charge in [0.1, 0.15) is 12.4 Å². The minimum absolute atomic E-state index is 0.0987. The quantitative estimate of drug-likeness (QED) is 0.821. The van der Waals surface area contributed by atoms with E-state index in [1.165, 1.54) is 12.8 Å². The summed E-state index contributed by atoms with van der Waals surface area (Å²) in [6.07, 6.45) is 4.68. The van der Waals surface area contributed by atoms with Gasteiger partial charge in [-0.1, -0.05) is 12.8 Å². The summed E-state index contributed by atoms with van der Waals surface area (Å²) in [6, 6.07) is 5.95. The van der Waals surface area contributed by atoms with Gasteiger partial charge in [0.25, 0.3) is 0 Å². The van der Waals surface area contributed by atoms with Crippen LogP contribution in [-0.4, -0.2) is 31.6 Å². The van der Waals surface area contributed by atoms with E-state index in [2.05, 4.69) is 10.2 Å². The molecule has 0 saturated heterocycles. The fourth-order valence-corrected chi connectivity index (χ4v) is 2.97. The highest BCUT2D eigenvalue weighted by Crippen LogP contribution is 2.33. The fourth-order valence-electron chi connectivity index (χ4n) is 2.97. The number of ether oxygens (including phenoxy) is 1. The van der Waals surface area contributed by atoms with Crippen molar-refractivity contribution in [2.24, 2.45) is 0 Å². The Morgan fingerprint density at radius 2 is 2.20 bits per heavy atom. The maximum Gasteiger partial charge on any atom is 0.239 e. The van der Waals surface area contributed by atoms with Gasteiger partial charge >= 0.3 is 0 Å². The van der Waals surface area contributed by atoms with E-state index in [9.17, 15) is 4.79 Å². The number of nitrogens with one attached hydrogen (secondary N) is 1. The third kappa shape index (κ3) is 2.81. The van der Waals surface area contributed by atoms with Crippen LogP contribution in [0.4, 0.5) is 11.4 Å². The molecule has 5 heteroatoms. The molecule has 0 radical (unpaired) electrons. The molecule has 3 rings (SSSR count). The molecule has 0 bridgehead atoms. The summed E-state index contributed by atoms with van der Waals surface area (Å²) in [4.78, 5) is 14.2. The second-order valence-electron chi connectivity index (χ2n) is 5.55. The van der Waals surface area contributed by atoms with Crippen molar-refractivity contribution in [3.63, 3.8) is 0 Å². The number of carbonyl (C=O) groups is 1. The molecule has 2 aliphatic rings. The van der Waals surface area contributed by atoms with Crippen molar-refractivity contribution >= 4 is 17.3 Å². The Morgan fingerprint density at radius 1 is 1.40 bits per heavy atom.